The van der Waals surface area contributed by atoms with Crippen molar-refractivity contribution < 1.29 is 19.1 Å². The molecule has 182 valence electrons. The van der Waals surface area contributed by atoms with Crippen molar-refractivity contribution in [1.29, 1.82) is 0 Å². The number of fused-ring (bicyclic) bond motifs is 1. The van der Waals surface area contributed by atoms with Gasteiger partial charge in [-0.05, 0) is 56.0 Å². The summed E-state index contributed by atoms with van der Waals surface area (Å²) >= 11 is 0. The topological polar surface area (TPSA) is 111 Å². The Kier molecular flexibility index (Phi) is 6.15. The number of primary amides is 1. The van der Waals surface area contributed by atoms with Crippen LogP contribution in [0.2, 0.25) is 0 Å². The van der Waals surface area contributed by atoms with Gasteiger partial charge in [-0.2, -0.15) is 5.10 Å². The van der Waals surface area contributed by atoms with Crippen LogP contribution in [0.25, 0.3) is 5.69 Å². The average Bonchev–Trinajstić information content (AvgIpc) is 3.27. The van der Waals surface area contributed by atoms with E-state index in [9.17, 15) is 14.4 Å². The van der Waals surface area contributed by atoms with E-state index in [0.29, 0.717) is 48.6 Å². The molecule has 2 aliphatic heterocycles. The van der Waals surface area contributed by atoms with E-state index in [-0.39, 0.29) is 23.4 Å². The summed E-state index contributed by atoms with van der Waals surface area (Å²) in [5.41, 5.74) is 8.09. The van der Waals surface area contributed by atoms with Crippen molar-refractivity contribution in [2.75, 3.05) is 26.7 Å². The number of hydrogen-bond acceptors (Lipinski definition) is 5. The number of methoxy groups -OCH3 is 1. The van der Waals surface area contributed by atoms with Gasteiger partial charge < -0.3 is 20.3 Å². The molecule has 1 fully saturated rings. The van der Waals surface area contributed by atoms with Crippen LogP contribution in [-0.2, 0) is 11.2 Å². The van der Waals surface area contributed by atoms with E-state index < -0.39 is 5.91 Å². The maximum Gasteiger partial charge on any atom is 0.277 e. The number of aromatic nitrogens is 2. The largest absolute Gasteiger partial charge is 0.497 e. The van der Waals surface area contributed by atoms with Gasteiger partial charge in [0, 0.05) is 43.2 Å². The minimum absolute atomic E-state index is 0.124. The average molecular weight is 476 g/mol. The molecule has 1 aromatic heterocycles. The van der Waals surface area contributed by atoms with Gasteiger partial charge in [-0.25, -0.2) is 4.68 Å². The number of carbonyl (C=O) groups excluding carboxylic acids is 3. The van der Waals surface area contributed by atoms with Crippen molar-refractivity contribution in [3.8, 4) is 11.4 Å². The zero-order valence-corrected chi connectivity index (χ0v) is 19.8. The highest BCUT2D eigenvalue weighted by Gasteiger charge is 2.35. The van der Waals surface area contributed by atoms with Crippen molar-refractivity contribution in [2.45, 2.75) is 32.1 Å². The molecule has 2 aromatic rings. The molecule has 2 N–H and O–H groups in total. The molecule has 1 saturated heterocycles. The number of hydrogen-bond donors (Lipinski definition) is 1. The van der Waals surface area contributed by atoms with Gasteiger partial charge in [-0.1, -0.05) is 12.2 Å². The fourth-order valence-corrected chi connectivity index (χ4v) is 5.09. The van der Waals surface area contributed by atoms with E-state index >= 15 is 0 Å². The molecule has 5 rings (SSSR count). The predicted octanol–water partition coefficient (Wildman–Crippen LogP) is 2.45. The third-order valence-electron chi connectivity index (χ3n) is 6.89. The molecule has 0 saturated carbocycles. The molecule has 1 atom stereocenters. The lowest BCUT2D eigenvalue weighted by molar-refractivity contribution is -0.133. The smallest absolute Gasteiger partial charge is 0.277 e. The number of piperidine rings is 1. The molecular formula is C26H29N5O4. The number of benzene rings is 1. The third-order valence-corrected chi connectivity index (χ3v) is 6.89. The van der Waals surface area contributed by atoms with E-state index in [1.807, 2.05) is 11.0 Å². The molecule has 0 bridgehead atoms. The minimum atomic E-state index is -0.655. The Bertz CT molecular complexity index is 1230. The first kappa shape index (κ1) is 22.9. The van der Waals surface area contributed by atoms with Crippen LogP contribution < -0.4 is 10.5 Å². The van der Waals surface area contributed by atoms with Crippen LogP contribution >= 0.6 is 0 Å². The van der Waals surface area contributed by atoms with Crippen LogP contribution in [0.3, 0.4) is 0 Å². The van der Waals surface area contributed by atoms with Crippen LogP contribution in [0.4, 0.5) is 0 Å². The number of nitrogens with zero attached hydrogens (tertiary/aromatic N) is 4. The van der Waals surface area contributed by atoms with E-state index in [2.05, 4.69) is 17.3 Å². The van der Waals surface area contributed by atoms with Crippen molar-refractivity contribution in [3.05, 3.63) is 65.1 Å². The van der Waals surface area contributed by atoms with Crippen LogP contribution in [0.5, 0.6) is 5.75 Å². The van der Waals surface area contributed by atoms with Crippen LogP contribution in [-0.4, -0.2) is 64.0 Å². The SMILES string of the molecule is COc1ccc(-n2nc(C(N)=O)c3c2C(=O)N(C2=CC(CN4CCCCC4=O)CC=C2)CC3)cc1. The maximum absolute atomic E-state index is 13.8. The van der Waals surface area contributed by atoms with Crippen molar-refractivity contribution in [1.82, 2.24) is 19.6 Å². The van der Waals surface area contributed by atoms with E-state index in [1.54, 1.807) is 36.3 Å². The highest BCUT2D eigenvalue weighted by molar-refractivity contribution is 6.02. The van der Waals surface area contributed by atoms with Gasteiger partial charge in [0.15, 0.2) is 5.69 Å². The number of carbonyl (C=O) groups is 3. The molecule has 1 aromatic carbocycles. The van der Waals surface area contributed by atoms with Crippen molar-refractivity contribution >= 4 is 17.7 Å². The lowest BCUT2D eigenvalue weighted by Gasteiger charge is -2.33. The number of rotatable bonds is 6. The minimum Gasteiger partial charge on any atom is -0.497 e. The van der Waals surface area contributed by atoms with Gasteiger partial charge in [-0.3, -0.25) is 14.4 Å². The molecule has 0 spiro atoms. The molecule has 35 heavy (non-hydrogen) atoms. The number of ether oxygens (including phenoxy) is 1. The lowest BCUT2D eigenvalue weighted by atomic mass is 9.95. The summed E-state index contributed by atoms with van der Waals surface area (Å²) in [6.45, 7) is 1.88. The molecule has 9 nitrogen and oxygen atoms in total. The zero-order valence-electron chi connectivity index (χ0n) is 19.8. The first-order valence-corrected chi connectivity index (χ1v) is 12.0. The normalized spacial score (nSPS) is 20.0. The summed E-state index contributed by atoms with van der Waals surface area (Å²) in [5.74, 6) is 0.153. The molecule has 9 heteroatoms. The van der Waals surface area contributed by atoms with E-state index in [1.165, 1.54) is 4.68 Å². The molecule has 3 amide bonds. The first-order valence-electron chi connectivity index (χ1n) is 12.0. The fraction of sp³-hybridized carbons (Fsp3) is 0.385. The summed E-state index contributed by atoms with van der Waals surface area (Å²) in [4.78, 5) is 41.8. The summed E-state index contributed by atoms with van der Waals surface area (Å²) in [7, 11) is 1.58. The Balaban J connectivity index is 1.45. The number of allylic oxidation sites excluding steroid dienone is 2. The predicted molar refractivity (Wildman–Crippen MR) is 129 cm³/mol. The van der Waals surface area contributed by atoms with Crippen molar-refractivity contribution in [3.63, 3.8) is 0 Å². The van der Waals surface area contributed by atoms with Gasteiger partial charge in [-0.15, -0.1) is 0 Å². The maximum atomic E-state index is 13.8. The monoisotopic (exact) mass is 475 g/mol. The Hall–Kier alpha value is -3.88. The van der Waals surface area contributed by atoms with Crippen LogP contribution in [0, 0.1) is 5.92 Å². The standard InChI is InChI=1S/C26H29N5O4/c1-35-20-10-8-18(9-11-20)31-24-21(23(28-31)25(27)33)12-14-30(26(24)34)19-6-4-5-17(15-19)16-29-13-3-2-7-22(29)32/h4,6,8-11,15,17H,2-3,5,7,12-14,16H2,1H3,(H2,27,33). The van der Waals surface area contributed by atoms with E-state index in [4.69, 9.17) is 10.5 Å². The first-order chi connectivity index (χ1) is 17.0. The van der Waals surface area contributed by atoms with E-state index in [0.717, 1.165) is 31.5 Å². The van der Waals surface area contributed by atoms with Gasteiger partial charge in [0.25, 0.3) is 11.8 Å². The summed E-state index contributed by atoms with van der Waals surface area (Å²) in [6, 6.07) is 7.12. The molecule has 3 aliphatic rings. The van der Waals surface area contributed by atoms with Gasteiger partial charge in [0.05, 0.1) is 12.8 Å². The number of amides is 3. The second-order valence-electron chi connectivity index (χ2n) is 9.14. The third kappa shape index (κ3) is 4.34. The summed E-state index contributed by atoms with van der Waals surface area (Å²) in [6.07, 6.45) is 10.0. The zero-order chi connectivity index (χ0) is 24.5. The summed E-state index contributed by atoms with van der Waals surface area (Å²) < 4.78 is 6.73. The van der Waals surface area contributed by atoms with Gasteiger partial charge in [0.2, 0.25) is 5.91 Å². The highest BCUT2D eigenvalue weighted by atomic mass is 16.5. The Morgan fingerprint density at radius 3 is 2.66 bits per heavy atom. The summed E-state index contributed by atoms with van der Waals surface area (Å²) in [5, 5.41) is 4.42. The molecule has 3 heterocycles. The van der Waals surface area contributed by atoms with Crippen LogP contribution in [0.1, 0.15) is 52.2 Å². The molecule has 0 radical (unpaired) electrons. The van der Waals surface area contributed by atoms with Gasteiger partial charge >= 0.3 is 0 Å². The Morgan fingerprint density at radius 2 is 1.94 bits per heavy atom. The van der Waals surface area contributed by atoms with Gasteiger partial charge in [0.1, 0.15) is 11.4 Å². The van der Waals surface area contributed by atoms with Crippen LogP contribution in [0.15, 0.2) is 48.2 Å². The molecule has 1 unspecified atom stereocenters. The Labute approximate surface area is 203 Å². The lowest BCUT2D eigenvalue weighted by Crippen LogP contribution is -2.40. The number of nitrogens with two attached hydrogens (primary N) is 1. The Morgan fingerprint density at radius 1 is 1.14 bits per heavy atom. The molecule has 1 aliphatic carbocycles. The quantitative estimate of drug-likeness (QED) is 0.690. The highest BCUT2D eigenvalue weighted by Crippen LogP contribution is 2.30. The molecular weight excluding hydrogens is 446 g/mol. The number of likely N-dealkylation sites (tertiary alicyclic amines) is 1. The second kappa shape index (κ2) is 9.40. The van der Waals surface area contributed by atoms with Crippen molar-refractivity contribution in [2.24, 2.45) is 11.7 Å². The fourth-order valence-electron chi connectivity index (χ4n) is 5.09. The second-order valence-corrected chi connectivity index (χ2v) is 9.14.